The first-order valence-corrected chi connectivity index (χ1v) is 8.05. The van der Waals surface area contributed by atoms with Gasteiger partial charge in [0, 0.05) is 25.0 Å². The molecule has 0 N–H and O–H groups in total. The summed E-state index contributed by atoms with van der Waals surface area (Å²) in [6.07, 6.45) is 9.46. The van der Waals surface area contributed by atoms with E-state index in [1.807, 2.05) is 4.68 Å². The fraction of sp³-hybridized carbons (Fsp3) is 0.857. The third-order valence-electron chi connectivity index (χ3n) is 3.94. The highest BCUT2D eigenvalue weighted by molar-refractivity contribution is 6.18. The quantitative estimate of drug-likeness (QED) is 0.722. The summed E-state index contributed by atoms with van der Waals surface area (Å²) < 4.78 is 2.03. The maximum absolute atomic E-state index is 5.97. The number of hydrogen-bond acceptors (Lipinski definition) is 3. The molecule has 1 fully saturated rings. The first-order valence-electron chi connectivity index (χ1n) is 7.51. The number of alkyl halides is 1. The van der Waals surface area contributed by atoms with Crippen LogP contribution in [0.15, 0.2) is 6.33 Å². The van der Waals surface area contributed by atoms with Gasteiger partial charge in [0.2, 0.25) is 0 Å². The highest BCUT2D eigenvalue weighted by Gasteiger charge is 2.22. The Labute approximate surface area is 121 Å². The first-order chi connectivity index (χ1) is 9.35. The lowest BCUT2D eigenvalue weighted by Gasteiger charge is -2.33. The SMILES string of the molecule is CCCn1ncnc1CN(CCCl)C1CCCCC1. The second-order valence-corrected chi connectivity index (χ2v) is 5.73. The molecule has 5 heteroatoms. The summed E-state index contributed by atoms with van der Waals surface area (Å²) in [6, 6.07) is 0.680. The number of aromatic nitrogens is 3. The number of aryl methyl sites for hydroxylation is 1. The molecule has 0 atom stereocenters. The van der Waals surface area contributed by atoms with Gasteiger partial charge in [-0.15, -0.1) is 11.6 Å². The third-order valence-corrected chi connectivity index (χ3v) is 4.11. The molecule has 108 valence electrons. The van der Waals surface area contributed by atoms with Crippen molar-refractivity contribution in [2.45, 2.75) is 64.6 Å². The van der Waals surface area contributed by atoms with Crippen LogP contribution >= 0.6 is 11.6 Å². The summed E-state index contributed by atoms with van der Waals surface area (Å²) in [6.45, 7) is 4.96. The Bertz CT molecular complexity index is 360. The molecule has 1 heterocycles. The van der Waals surface area contributed by atoms with Crippen molar-refractivity contribution in [2.75, 3.05) is 12.4 Å². The predicted molar refractivity (Wildman–Crippen MR) is 78.3 cm³/mol. The minimum absolute atomic E-state index is 0.680. The Kier molecular flexibility index (Phi) is 6.11. The zero-order valence-corrected chi connectivity index (χ0v) is 12.6. The van der Waals surface area contributed by atoms with E-state index in [0.29, 0.717) is 11.9 Å². The van der Waals surface area contributed by atoms with Crippen LogP contribution in [0.3, 0.4) is 0 Å². The van der Waals surface area contributed by atoms with Crippen molar-refractivity contribution in [1.82, 2.24) is 19.7 Å². The lowest BCUT2D eigenvalue weighted by Crippen LogP contribution is -2.38. The van der Waals surface area contributed by atoms with Crippen LogP contribution in [0.25, 0.3) is 0 Å². The molecule has 1 aromatic heterocycles. The zero-order chi connectivity index (χ0) is 13.5. The molecular formula is C14H25ClN4. The van der Waals surface area contributed by atoms with Crippen molar-refractivity contribution < 1.29 is 0 Å². The van der Waals surface area contributed by atoms with Crippen molar-refractivity contribution in [3.63, 3.8) is 0 Å². The predicted octanol–water partition coefficient (Wildman–Crippen LogP) is 3.06. The van der Waals surface area contributed by atoms with E-state index in [9.17, 15) is 0 Å². The minimum atomic E-state index is 0.680. The summed E-state index contributed by atoms with van der Waals surface area (Å²) in [5, 5.41) is 4.31. The lowest BCUT2D eigenvalue weighted by atomic mass is 9.94. The molecule has 0 radical (unpaired) electrons. The lowest BCUT2D eigenvalue weighted by molar-refractivity contribution is 0.151. The van der Waals surface area contributed by atoms with E-state index in [-0.39, 0.29) is 0 Å². The molecule has 2 rings (SSSR count). The summed E-state index contributed by atoms with van der Waals surface area (Å²) in [4.78, 5) is 6.92. The van der Waals surface area contributed by atoms with Gasteiger partial charge < -0.3 is 0 Å². The fourth-order valence-corrected chi connectivity index (χ4v) is 3.15. The standard InChI is InChI=1S/C14H25ClN4/c1-2-9-19-14(16-12-17-19)11-18(10-8-15)13-6-4-3-5-7-13/h12-13H,2-11H2,1H3. The molecule has 0 aromatic carbocycles. The average Bonchev–Trinajstić information content (AvgIpc) is 2.87. The van der Waals surface area contributed by atoms with Crippen LogP contribution in [0.1, 0.15) is 51.3 Å². The van der Waals surface area contributed by atoms with Crippen molar-refractivity contribution in [1.29, 1.82) is 0 Å². The molecule has 4 nitrogen and oxygen atoms in total. The first kappa shape index (κ1) is 14.8. The number of hydrogen-bond donors (Lipinski definition) is 0. The molecule has 1 aliphatic rings. The van der Waals surface area contributed by atoms with Gasteiger partial charge in [-0.05, 0) is 19.3 Å². The zero-order valence-electron chi connectivity index (χ0n) is 11.9. The molecule has 1 saturated carbocycles. The average molecular weight is 285 g/mol. The van der Waals surface area contributed by atoms with E-state index in [0.717, 1.165) is 31.9 Å². The summed E-state index contributed by atoms with van der Waals surface area (Å²) >= 11 is 5.97. The van der Waals surface area contributed by atoms with Gasteiger partial charge in [-0.1, -0.05) is 26.2 Å². The molecule has 0 amide bonds. The van der Waals surface area contributed by atoms with E-state index < -0.39 is 0 Å². The van der Waals surface area contributed by atoms with E-state index >= 15 is 0 Å². The summed E-state index contributed by atoms with van der Waals surface area (Å²) in [5.74, 6) is 1.77. The van der Waals surface area contributed by atoms with E-state index in [1.165, 1.54) is 32.1 Å². The van der Waals surface area contributed by atoms with E-state index in [2.05, 4.69) is 21.9 Å². The highest BCUT2D eigenvalue weighted by atomic mass is 35.5. The van der Waals surface area contributed by atoms with Crippen molar-refractivity contribution in [3.05, 3.63) is 12.2 Å². The Morgan fingerprint density at radius 2 is 2.16 bits per heavy atom. The molecule has 1 aliphatic carbocycles. The van der Waals surface area contributed by atoms with Crippen LogP contribution in [0.4, 0.5) is 0 Å². The van der Waals surface area contributed by atoms with Gasteiger partial charge in [0.1, 0.15) is 12.2 Å². The van der Waals surface area contributed by atoms with Gasteiger partial charge in [0.25, 0.3) is 0 Å². The van der Waals surface area contributed by atoms with Crippen LogP contribution in [0.2, 0.25) is 0 Å². The van der Waals surface area contributed by atoms with Crippen molar-refractivity contribution >= 4 is 11.6 Å². The second-order valence-electron chi connectivity index (χ2n) is 5.35. The topological polar surface area (TPSA) is 34.0 Å². The molecule has 19 heavy (non-hydrogen) atoms. The molecule has 0 bridgehead atoms. The van der Waals surface area contributed by atoms with Crippen molar-refractivity contribution in [3.8, 4) is 0 Å². The minimum Gasteiger partial charge on any atom is -0.292 e. The molecule has 0 unspecified atom stereocenters. The molecule has 0 aliphatic heterocycles. The second kappa shape index (κ2) is 7.85. The van der Waals surface area contributed by atoms with E-state index in [1.54, 1.807) is 6.33 Å². The summed E-state index contributed by atoms with van der Waals surface area (Å²) in [5.41, 5.74) is 0. The summed E-state index contributed by atoms with van der Waals surface area (Å²) in [7, 11) is 0. The Balaban J connectivity index is 2.00. The van der Waals surface area contributed by atoms with E-state index in [4.69, 9.17) is 11.6 Å². The van der Waals surface area contributed by atoms with Crippen LogP contribution in [-0.4, -0.2) is 38.1 Å². The molecular weight excluding hydrogens is 260 g/mol. The number of rotatable bonds is 7. The normalized spacial score (nSPS) is 17.2. The van der Waals surface area contributed by atoms with Crippen LogP contribution in [0.5, 0.6) is 0 Å². The van der Waals surface area contributed by atoms with Crippen molar-refractivity contribution in [2.24, 2.45) is 0 Å². The fourth-order valence-electron chi connectivity index (χ4n) is 2.94. The number of nitrogens with zero attached hydrogens (tertiary/aromatic N) is 4. The van der Waals surface area contributed by atoms with Crippen LogP contribution < -0.4 is 0 Å². The Morgan fingerprint density at radius 3 is 2.84 bits per heavy atom. The molecule has 0 spiro atoms. The maximum atomic E-state index is 5.97. The monoisotopic (exact) mass is 284 g/mol. The Morgan fingerprint density at radius 1 is 1.37 bits per heavy atom. The third kappa shape index (κ3) is 4.18. The van der Waals surface area contributed by atoms with Gasteiger partial charge >= 0.3 is 0 Å². The Hall–Kier alpha value is -0.610. The number of halogens is 1. The highest BCUT2D eigenvalue weighted by Crippen LogP contribution is 2.23. The molecule has 1 aromatic rings. The smallest absolute Gasteiger partial charge is 0.141 e. The van der Waals surface area contributed by atoms with Gasteiger partial charge in [0.05, 0.1) is 6.54 Å². The largest absolute Gasteiger partial charge is 0.292 e. The maximum Gasteiger partial charge on any atom is 0.141 e. The van der Waals surface area contributed by atoms with Gasteiger partial charge in [-0.25, -0.2) is 9.67 Å². The van der Waals surface area contributed by atoms with Gasteiger partial charge in [-0.3, -0.25) is 4.90 Å². The molecule has 0 saturated heterocycles. The van der Waals surface area contributed by atoms with Gasteiger partial charge in [0.15, 0.2) is 0 Å². The van der Waals surface area contributed by atoms with Crippen LogP contribution in [0, 0.1) is 0 Å². The van der Waals surface area contributed by atoms with Crippen LogP contribution in [-0.2, 0) is 13.1 Å². The van der Waals surface area contributed by atoms with Gasteiger partial charge in [-0.2, -0.15) is 5.10 Å².